The second-order valence-corrected chi connectivity index (χ2v) is 2.38. The van der Waals surface area contributed by atoms with Gasteiger partial charge in [0, 0.05) is 11.3 Å². The third kappa shape index (κ3) is 1.95. The van der Waals surface area contributed by atoms with Crippen LogP contribution in [0.5, 0.6) is 0 Å². The smallest absolute Gasteiger partial charge is 0.247 e. The zero-order valence-corrected chi connectivity index (χ0v) is 7.11. The quantitative estimate of drug-likeness (QED) is 0.671. The molecule has 1 aromatic heterocycles. The summed E-state index contributed by atoms with van der Waals surface area (Å²) in [4.78, 5) is 0. The van der Waals surface area contributed by atoms with E-state index in [0.717, 1.165) is 5.57 Å². The molecule has 1 rings (SSSR count). The van der Waals surface area contributed by atoms with Gasteiger partial charge in [-0.15, -0.1) is 10.2 Å². The van der Waals surface area contributed by atoms with Crippen molar-refractivity contribution in [2.75, 3.05) is 0 Å². The first-order chi connectivity index (χ1) is 5.74. The minimum absolute atomic E-state index is 0.488. The van der Waals surface area contributed by atoms with Crippen LogP contribution in [0, 0.1) is 0 Å². The fourth-order valence-electron chi connectivity index (χ4n) is 0.813. The molecule has 0 saturated heterocycles. The molecule has 0 aliphatic rings. The van der Waals surface area contributed by atoms with Crippen LogP contribution >= 0.6 is 0 Å². The Morgan fingerprint density at radius 2 is 2.42 bits per heavy atom. The van der Waals surface area contributed by atoms with Gasteiger partial charge in [-0.3, -0.25) is 0 Å². The van der Waals surface area contributed by atoms with Crippen molar-refractivity contribution in [1.82, 2.24) is 10.2 Å². The first-order valence-electron chi connectivity index (χ1n) is 3.60. The lowest BCUT2D eigenvalue weighted by atomic mass is 10.2. The van der Waals surface area contributed by atoms with Crippen molar-refractivity contribution in [2.45, 2.75) is 13.8 Å². The second-order valence-electron chi connectivity index (χ2n) is 2.38. The highest BCUT2D eigenvalue weighted by Gasteiger charge is 2.02. The van der Waals surface area contributed by atoms with E-state index in [1.54, 1.807) is 13.0 Å². The van der Waals surface area contributed by atoms with Crippen LogP contribution in [0.15, 0.2) is 28.7 Å². The Hall–Kier alpha value is -1.58. The predicted octanol–water partition coefficient (Wildman–Crippen LogP) is 1.34. The highest BCUT2D eigenvalue weighted by Crippen LogP contribution is 2.12. The third-order valence-electron chi connectivity index (χ3n) is 1.30. The minimum Gasteiger partial charge on any atom is -0.423 e. The Bertz CT molecular complexity index is 294. The minimum atomic E-state index is 0.488. The van der Waals surface area contributed by atoms with Crippen LogP contribution < -0.4 is 5.73 Å². The number of nitrogens with two attached hydrogens (primary N) is 1. The highest BCUT2D eigenvalue weighted by molar-refractivity contribution is 5.68. The van der Waals surface area contributed by atoms with Gasteiger partial charge in [0.1, 0.15) is 0 Å². The van der Waals surface area contributed by atoms with E-state index in [-0.39, 0.29) is 0 Å². The van der Waals surface area contributed by atoms with Gasteiger partial charge in [-0.05, 0) is 19.9 Å². The van der Waals surface area contributed by atoms with E-state index in [1.165, 1.54) is 6.39 Å². The number of nitrogens with zero attached hydrogens (tertiary/aromatic N) is 2. The molecule has 0 amide bonds. The van der Waals surface area contributed by atoms with Gasteiger partial charge in [0.15, 0.2) is 0 Å². The maximum absolute atomic E-state index is 5.51. The summed E-state index contributed by atoms with van der Waals surface area (Å²) in [5, 5.41) is 7.33. The largest absolute Gasteiger partial charge is 0.423 e. The van der Waals surface area contributed by atoms with E-state index < -0.39 is 0 Å². The highest BCUT2D eigenvalue weighted by atomic mass is 16.4. The molecule has 0 fully saturated rings. The van der Waals surface area contributed by atoms with E-state index in [9.17, 15) is 0 Å². The maximum Gasteiger partial charge on any atom is 0.247 e. The lowest BCUT2D eigenvalue weighted by Gasteiger charge is -1.94. The van der Waals surface area contributed by atoms with E-state index in [0.29, 0.717) is 11.6 Å². The lowest BCUT2D eigenvalue weighted by Crippen LogP contribution is -1.91. The van der Waals surface area contributed by atoms with Gasteiger partial charge in [-0.25, -0.2) is 0 Å². The average Bonchev–Trinajstić information content (AvgIpc) is 2.51. The van der Waals surface area contributed by atoms with Crippen molar-refractivity contribution in [2.24, 2.45) is 5.73 Å². The van der Waals surface area contributed by atoms with E-state index in [4.69, 9.17) is 10.2 Å². The average molecular weight is 165 g/mol. The molecule has 0 spiro atoms. The molecular formula is C8H11N3O. The van der Waals surface area contributed by atoms with Crippen molar-refractivity contribution < 1.29 is 4.42 Å². The summed E-state index contributed by atoms with van der Waals surface area (Å²) in [6, 6.07) is 0. The Labute approximate surface area is 70.8 Å². The van der Waals surface area contributed by atoms with Crippen LogP contribution in [0.3, 0.4) is 0 Å². The molecule has 2 N–H and O–H groups in total. The summed E-state index contributed by atoms with van der Waals surface area (Å²) in [7, 11) is 0. The van der Waals surface area contributed by atoms with Crippen LogP contribution in [-0.2, 0) is 0 Å². The summed E-state index contributed by atoms with van der Waals surface area (Å²) in [6.45, 7) is 3.69. The molecule has 12 heavy (non-hydrogen) atoms. The maximum atomic E-state index is 5.51. The molecule has 0 bridgehead atoms. The molecule has 0 aromatic carbocycles. The normalized spacial score (nSPS) is 13.5. The molecule has 1 aromatic rings. The Kier molecular flexibility index (Phi) is 2.63. The van der Waals surface area contributed by atoms with Gasteiger partial charge in [-0.1, -0.05) is 6.08 Å². The summed E-state index contributed by atoms with van der Waals surface area (Å²) in [5.74, 6) is 0.488. The zero-order chi connectivity index (χ0) is 8.97. The van der Waals surface area contributed by atoms with E-state index in [2.05, 4.69) is 10.2 Å². The second kappa shape index (κ2) is 3.71. The molecule has 0 saturated carbocycles. The van der Waals surface area contributed by atoms with Gasteiger partial charge >= 0.3 is 0 Å². The Morgan fingerprint density at radius 1 is 1.67 bits per heavy atom. The van der Waals surface area contributed by atoms with Gasteiger partial charge in [-0.2, -0.15) is 0 Å². The van der Waals surface area contributed by atoms with Crippen LogP contribution in [0.1, 0.15) is 19.7 Å². The monoisotopic (exact) mass is 165 g/mol. The van der Waals surface area contributed by atoms with Crippen molar-refractivity contribution >= 4 is 5.57 Å². The number of rotatable bonds is 2. The molecular weight excluding hydrogens is 154 g/mol. The van der Waals surface area contributed by atoms with Crippen molar-refractivity contribution in [3.05, 3.63) is 30.1 Å². The Balaban J connectivity index is 2.93. The number of allylic oxidation sites excluding steroid dienone is 4. The number of aromatic nitrogens is 2. The molecule has 0 unspecified atom stereocenters. The first-order valence-corrected chi connectivity index (χ1v) is 3.60. The van der Waals surface area contributed by atoms with E-state index in [1.807, 2.05) is 13.0 Å². The van der Waals surface area contributed by atoms with Gasteiger partial charge in [0.2, 0.25) is 12.3 Å². The summed E-state index contributed by atoms with van der Waals surface area (Å²) in [6.07, 6.45) is 4.94. The van der Waals surface area contributed by atoms with Crippen LogP contribution in [0.25, 0.3) is 5.57 Å². The standard InChI is InChI=1S/C8H11N3O/c1-3-7(4-6(2)9)8-11-10-5-12-8/h3-5H,9H2,1-2H3/b6-4+,7-3+. The molecule has 0 aliphatic heterocycles. The molecule has 64 valence electrons. The number of hydrogen-bond donors (Lipinski definition) is 1. The predicted molar refractivity (Wildman–Crippen MR) is 45.9 cm³/mol. The molecule has 0 aliphatic carbocycles. The van der Waals surface area contributed by atoms with Gasteiger partial charge < -0.3 is 10.2 Å². The van der Waals surface area contributed by atoms with E-state index >= 15 is 0 Å². The van der Waals surface area contributed by atoms with Crippen molar-refractivity contribution in [1.29, 1.82) is 0 Å². The van der Waals surface area contributed by atoms with Gasteiger partial charge in [0.05, 0.1) is 0 Å². The Morgan fingerprint density at radius 3 is 2.83 bits per heavy atom. The molecule has 1 heterocycles. The van der Waals surface area contributed by atoms with Crippen LogP contribution in [-0.4, -0.2) is 10.2 Å². The first kappa shape index (κ1) is 8.52. The third-order valence-corrected chi connectivity index (χ3v) is 1.30. The van der Waals surface area contributed by atoms with Crippen molar-refractivity contribution in [3.63, 3.8) is 0 Å². The van der Waals surface area contributed by atoms with Crippen molar-refractivity contribution in [3.8, 4) is 0 Å². The number of hydrogen-bond acceptors (Lipinski definition) is 4. The molecule has 4 nitrogen and oxygen atoms in total. The summed E-state index contributed by atoms with van der Waals surface area (Å²) < 4.78 is 5.00. The lowest BCUT2D eigenvalue weighted by molar-refractivity contribution is 0.539. The summed E-state index contributed by atoms with van der Waals surface area (Å²) >= 11 is 0. The van der Waals surface area contributed by atoms with Gasteiger partial charge in [0.25, 0.3) is 0 Å². The fraction of sp³-hybridized carbons (Fsp3) is 0.250. The molecule has 0 radical (unpaired) electrons. The summed E-state index contributed by atoms with van der Waals surface area (Å²) in [5.41, 5.74) is 7.06. The zero-order valence-electron chi connectivity index (χ0n) is 7.11. The fourth-order valence-corrected chi connectivity index (χ4v) is 0.813. The molecule has 0 atom stereocenters. The van der Waals surface area contributed by atoms with Crippen LogP contribution in [0.2, 0.25) is 0 Å². The SMILES string of the molecule is C/C=C(\C=C(/C)N)c1nnco1. The topological polar surface area (TPSA) is 64.9 Å². The molecule has 4 heteroatoms. The van der Waals surface area contributed by atoms with Crippen LogP contribution in [0.4, 0.5) is 0 Å².